The van der Waals surface area contributed by atoms with E-state index in [1.54, 1.807) is 7.05 Å². The number of carbonyl (C=O) groups is 3. The first-order valence-corrected chi connectivity index (χ1v) is 14.5. The lowest BCUT2D eigenvalue weighted by Gasteiger charge is -2.27. The van der Waals surface area contributed by atoms with Crippen LogP contribution in [0, 0.1) is 0 Å². The highest BCUT2D eigenvalue weighted by Gasteiger charge is 2.27. The summed E-state index contributed by atoms with van der Waals surface area (Å²) in [6.07, 6.45) is 0.325. The van der Waals surface area contributed by atoms with Crippen LogP contribution in [0.4, 0.5) is 4.79 Å². The molecule has 4 rings (SSSR count). The molecule has 0 fully saturated rings. The van der Waals surface area contributed by atoms with Gasteiger partial charge in [-0.15, -0.1) is 0 Å². The standard InChI is InChI=1S/C35H38N4O5/c1-39(38-33(40)21-22-36-35(42)37-24-28-11-5-2-6-12-28)32(34(41)44-26-30-15-9-4-10-16-30)23-27-17-19-31(20-18-27)43-25-29-13-7-3-8-14-29/h2-20,32H,21-26H2,1H3,(H,38,40)(H2,36,37,42)/t32-/m0/s1. The summed E-state index contributed by atoms with van der Waals surface area (Å²) in [5.41, 5.74) is 6.53. The number of hydrogen-bond acceptors (Lipinski definition) is 6. The molecule has 4 aromatic carbocycles. The number of carbonyl (C=O) groups excluding carboxylic acids is 3. The van der Waals surface area contributed by atoms with Crippen LogP contribution in [0.5, 0.6) is 5.75 Å². The first kappa shape index (κ1) is 31.8. The summed E-state index contributed by atoms with van der Waals surface area (Å²) in [6.45, 7) is 1.08. The predicted octanol–water partition coefficient (Wildman–Crippen LogP) is 4.77. The summed E-state index contributed by atoms with van der Waals surface area (Å²) >= 11 is 0. The van der Waals surface area contributed by atoms with Gasteiger partial charge in [0.25, 0.3) is 0 Å². The number of likely N-dealkylation sites (N-methyl/N-ethyl adjacent to an activating group) is 1. The number of benzene rings is 4. The zero-order valence-corrected chi connectivity index (χ0v) is 24.8. The lowest BCUT2D eigenvalue weighted by Crippen LogP contribution is -2.51. The van der Waals surface area contributed by atoms with Crippen molar-refractivity contribution in [2.45, 2.75) is 38.6 Å². The van der Waals surface area contributed by atoms with E-state index in [1.807, 2.05) is 115 Å². The van der Waals surface area contributed by atoms with Gasteiger partial charge in [0.2, 0.25) is 5.91 Å². The van der Waals surface area contributed by atoms with Crippen molar-refractivity contribution in [1.29, 1.82) is 0 Å². The number of hydrogen-bond donors (Lipinski definition) is 3. The fraction of sp³-hybridized carbons (Fsp3) is 0.229. The van der Waals surface area contributed by atoms with Crippen molar-refractivity contribution < 1.29 is 23.9 Å². The first-order chi connectivity index (χ1) is 21.5. The molecule has 0 aliphatic heterocycles. The number of esters is 1. The van der Waals surface area contributed by atoms with E-state index in [1.165, 1.54) is 5.01 Å². The molecule has 9 heteroatoms. The van der Waals surface area contributed by atoms with Crippen LogP contribution in [0.25, 0.3) is 0 Å². The first-order valence-electron chi connectivity index (χ1n) is 14.5. The van der Waals surface area contributed by atoms with E-state index in [0.29, 0.717) is 25.3 Å². The Morgan fingerprint density at radius 1 is 0.682 bits per heavy atom. The van der Waals surface area contributed by atoms with Gasteiger partial charge in [-0.2, -0.15) is 0 Å². The minimum atomic E-state index is -0.791. The third-order valence-corrected chi connectivity index (χ3v) is 6.80. The van der Waals surface area contributed by atoms with Crippen molar-refractivity contribution in [2.24, 2.45) is 0 Å². The third-order valence-electron chi connectivity index (χ3n) is 6.80. The molecule has 3 N–H and O–H groups in total. The van der Waals surface area contributed by atoms with Crippen molar-refractivity contribution in [3.63, 3.8) is 0 Å². The maximum atomic E-state index is 13.3. The van der Waals surface area contributed by atoms with E-state index in [-0.39, 0.29) is 31.5 Å². The molecule has 0 unspecified atom stereocenters. The largest absolute Gasteiger partial charge is 0.489 e. The van der Waals surface area contributed by atoms with Gasteiger partial charge >= 0.3 is 12.0 Å². The number of nitrogens with zero attached hydrogens (tertiary/aromatic N) is 1. The average Bonchev–Trinajstić information content (AvgIpc) is 3.06. The van der Waals surface area contributed by atoms with Crippen LogP contribution in [0.15, 0.2) is 115 Å². The Morgan fingerprint density at radius 2 is 1.25 bits per heavy atom. The maximum absolute atomic E-state index is 13.3. The molecule has 3 amide bonds. The summed E-state index contributed by atoms with van der Waals surface area (Å²) in [5, 5.41) is 6.90. The van der Waals surface area contributed by atoms with Crippen molar-refractivity contribution in [3.8, 4) is 5.75 Å². The van der Waals surface area contributed by atoms with Gasteiger partial charge in [-0.25, -0.2) is 9.80 Å². The highest BCUT2D eigenvalue weighted by Crippen LogP contribution is 2.17. The fourth-order valence-electron chi connectivity index (χ4n) is 4.35. The second kappa shape index (κ2) is 17.1. The molecule has 228 valence electrons. The fourth-order valence-corrected chi connectivity index (χ4v) is 4.35. The Morgan fingerprint density at radius 3 is 1.86 bits per heavy atom. The lowest BCUT2D eigenvalue weighted by molar-refractivity contribution is -0.153. The molecule has 0 saturated heterocycles. The van der Waals surface area contributed by atoms with Crippen LogP contribution < -0.4 is 20.8 Å². The van der Waals surface area contributed by atoms with E-state index in [2.05, 4.69) is 16.1 Å². The molecule has 0 radical (unpaired) electrons. The minimum absolute atomic E-state index is 0.0301. The number of nitrogens with one attached hydrogen (secondary N) is 3. The Hall–Kier alpha value is -5.15. The van der Waals surface area contributed by atoms with Gasteiger partial charge in [-0.05, 0) is 34.4 Å². The highest BCUT2D eigenvalue weighted by molar-refractivity contribution is 5.79. The Kier molecular flexibility index (Phi) is 12.3. The minimum Gasteiger partial charge on any atom is -0.489 e. The van der Waals surface area contributed by atoms with Crippen molar-refractivity contribution in [1.82, 2.24) is 21.1 Å². The van der Waals surface area contributed by atoms with Gasteiger partial charge in [-0.3, -0.25) is 15.0 Å². The summed E-state index contributed by atoms with van der Waals surface area (Å²) < 4.78 is 11.5. The average molecular weight is 595 g/mol. The molecule has 44 heavy (non-hydrogen) atoms. The van der Waals surface area contributed by atoms with E-state index >= 15 is 0 Å². The quantitative estimate of drug-likeness (QED) is 0.135. The predicted molar refractivity (Wildman–Crippen MR) is 168 cm³/mol. The summed E-state index contributed by atoms with van der Waals surface area (Å²) in [6, 6.07) is 35.2. The van der Waals surface area contributed by atoms with Crippen LogP contribution in [-0.4, -0.2) is 42.6 Å². The number of urea groups is 1. The third kappa shape index (κ3) is 10.9. The summed E-state index contributed by atoms with van der Waals surface area (Å²) in [5.74, 6) is -0.108. The van der Waals surface area contributed by atoms with Crippen LogP contribution in [-0.2, 0) is 40.5 Å². The summed E-state index contributed by atoms with van der Waals surface area (Å²) in [7, 11) is 1.63. The van der Waals surface area contributed by atoms with Gasteiger partial charge < -0.3 is 20.1 Å². The van der Waals surface area contributed by atoms with E-state index < -0.39 is 12.0 Å². The molecule has 0 saturated carbocycles. The molecule has 0 bridgehead atoms. The lowest BCUT2D eigenvalue weighted by atomic mass is 10.1. The zero-order chi connectivity index (χ0) is 31.0. The molecule has 0 aliphatic rings. The molecule has 4 aromatic rings. The molecule has 0 aliphatic carbocycles. The van der Waals surface area contributed by atoms with E-state index in [9.17, 15) is 14.4 Å². The van der Waals surface area contributed by atoms with Crippen LogP contribution in [0.3, 0.4) is 0 Å². The number of rotatable bonds is 15. The van der Waals surface area contributed by atoms with Crippen LogP contribution >= 0.6 is 0 Å². The highest BCUT2D eigenvalue weighted by atomic mass is 16.5. The van der Waals surface area contributed by atoms with Gasteiger partial charge in [0.15, 0.2) is 0 Å². The Labute approximate surface area is 258 Å². The van der Waals surface area contributed by atoms with Gasteiger partial charge in [-0.1, -0.05) is 103 Å². The summed E-state index contributed by atoms with van der Waals surface area (Å²) in [4.78, 5) is 38.1. The SMILES string of the molecule is CN(NC(=O)CCNC(=O)NCc1ccccc1)[C@@H](Cc1ccc(OCc2ccccc2)cc1)C(=O)OCc1ccccc1. The van der Waals surface area contributed by atoms with E-state index in [4.69, 9.17) is 9.47 Å². The van der Waals surface area contributed by atoms with Gasteiger partial charge in [0, 0.05) is 33.0 Å². The number of amides is 3. The Balaban J connectivity index is 1.30. The van der Waals surface area contributed by atoms with Crippen LogP contribution in [0.2, 0.25) is 0 Å². The number of hydrazine groups is 1. The van der Waals surface area contributed by atoms with E-state index in [0.717, 1.165) is 22.3 Å². The second-order valence-electron chi connectivity index (χ2n) is 10.2. The topological polar surface area (TPSA) is 109 Å². The van der Waals surface area contributed by atoms with Crippen molar-refractivity contribution in [3.05, 3.63) is 138 Å². The monoisotopic (exact) mass is 594 g/mol. The molecular weight excluding hydrogens is 556 g/mol. The van der Waals surface area contributed by atoms with Crippen molar-refractivity contribution >= 4 is 17.9 Å². The molecule has 0 aromatic heterocycles. The molecular formula is C35H38N4O5. The van der Waals surface area contributed by atoms with Gasteiger partial charge in [0.1, 0.15) is 25.0 Å². The molecule has 9 nitrogen and oxygen atoms in total. The normalized spacial score (nSPS) is 11.3. The van der Waals surface area contributed by atoms with Gasteiger partial charge in [0.05, 0.1) is 0 Å². The Bertz CT molecular complexity index is 1450. The zero-order valence-electron chi connectivity index (χ0n) is 24.8. The molecule has 0 heterocycles. The molecule has 1 atom stereocenters. The number of ether oxygens (including phenoxy) is 2. The van der Waals surface area contributed by atoms with Crippen molar-refractivity contribution in [2.75, 3.05) is 13.6 Å². The maximum Gasteiger partial charge on any atom is 0.325 e. The molecule has 0 spiro atoms. The smallest absolute Gasteiger partial charge is 0.325 e. The second-order valence-corrected chi connectivity index (χ2v) is 10.2. The van der Waals surface area contributed by atoms with Crippen LogP contribution in [0.1, 0.15) is 28.7 Å².